The van der Waals surface area contributed by atoms with Gasteiger partial charge in [-0.1, -0.05) is 115 Å². The van der Waals surface area contributed by atoms with E-state index in [-0.39, 0.29) is 29.1 Å². The number of halogens is 3. The first-order chi connectivity index (χ1) is 22.7. The molecule has 1 amide bonds. The van der Waals surface area contributed by atoms with Gasteiger partial charge in [0.15, 0.2) is 0 Å². The van der Waals surface area contributed by atoms with Crippen molar-refractivity contribution in [2.75, 3.05) is 19.4 Å². The van der Waals surface area contributed by atoms with E-state index < -0.39 is 56.6 Å². The molecule has 0 spiro atoms. The van der Waals surface area contributed by atoms with Crippen LogP contribution >= 0.6 is 21.6 Å². The van der Waals surface area contributed by atoms with E-state index in [0.717, 1.165) is 10.4 Å². The van der Waals surface area contributed by atoms with Gasteiger partial charge in [-0.2, -0.15) is 13.2 Å². The van der Waals surface area contributed by atoms with Crippen LogP contribution in [-0.4, -0.2) is 67.0 Å². The fourth-order valence-corrected chi connectivity index (χ4v) is 11.7. The molecule has 0 saturated carbocycles. The maximum absolute atomic E-state index is 13.0. The molecule has 0 radical (unpaired) electrons. The molecule has 1 aliphatic heterocycles. The highest BCUT2D eigenvalue weighted by molar-refractivity contribution is 8.76. The van der Waals surface area contributed by atoms with Gasteiger partial charge in [0.2, 0.25) is 0 Å². The fourth-order valence-electron chi connectivity index (χ4n) is 5.69. The average Bonchev–Trinajstić information content (AvgIpc) is 3.42. The quantitative estimate of drug-likeness (QED) is 0.132. The third-order valence-electron chi connectivity index (χ3n) is 7.76. The molecule has 1 aliphatic rings. The lowest BCUT2D eigenvalue weighted by atomic mass is 10.2. The van der Waals surface area contributed by atoms with Crippen LogP contribution in [0.2, 0.25) is 5.04 Å². The molecular weight excluding hydrogens is 684 g/mol. The first-order valence-corrected chi connectivity index (χ1v) is 19.6. The van der Waals surface area contributed by atoms with Gasteiger partial charge in [-0.05, 0) is 28.6 Å². The number of aromatic amines is 1. The van der Waals surface area contributed by atoms with Crippen molar-refractivity contribution >= 4 is 46.2 Å². The van der Waals surface area contributed by atoms with Crippen molar-refractivity contribution in [1.29, 1.82) is 0 Å². The topological polar surface area (TPSA) is 112 Å². The second-order valence-electron chi connectivity index (χ2n) is 12.0. The van der Waals surface area contributed by atoms with Crippen LogP contribution in [0.15, 0.2) is 76.4 Å². The molecule has 258 valence electrons. The molecular formula is C33H38F3N3O6S2Si. The Labute approximate surface area is 285 Å². The molecule has 9 nitrogen and oxygen atoms in total. The van der Waals surface area contributed by atoms with Crippen LogP contribution < -0.4 is 26.9 Å². The zero-order valence-electron chi connectivity index (χ0n) is 27.1. The Balaban J connectivity index is 1.66. The first kappa shape index (κ1) is 37.6. The van der Waals surface area contributed by atoms with Crippen LogP contribution in [0.4, 0.5) is 13.2 Å². The Kier molecular flexibility index (Phi) is 12.5. The van der Waals surface area contributed by atoms with Gasteiger partial charge in [0.1, 0.15) is 23.3 Å². The zero-order valence-corrected chi connectivity index (χ0v) is 29.8. The predicted octanol–water partition coefficient (Wildman–Crippen LogP) is 4.17. The number of nitrogens with zero attached hydrogens (tertiary/aromatic N) is 1. The minimum Gasteiger partial charge on any atom is -0.405 e. The molecule has 2 aromatic carbocycles. The molecule has 1 saturated heterocycles. The van der Waals surface area contributed by atoms with E-state index in [1.54, 1.807) is 16.1 Å². The molecule has 2 N–H and O–H groups in total. The number of carbonyl (C=O) groups excluding carboxylic acids is 1. The van der Waals surface area contributed by atoms with Crippen LogP contribution in [0.1, 0.15) is 45.9 Å². The summed E-state index contributed by atoms with van der Waals surface area (Å²) in [5.41, 5.74) is -1.98. The van der Waals surface area contributed by atoms with Gasteiger partial charge in [0, 0.05) is 12.6 Å². The highest BCUT2D eigenvalue weighted by Gasteiger charge is 2.51. The summed E-state index contributed by atoms with van der Waals surface area (Å²) in [4.78, 5) is 38.7. The zero-order chi connectivity index (χ0) is 35.1. The lowest BCUT2D eigenvalue weighted by molar-refractivity contribution is -0.173. The van der Waals surface area contributed by atoms with E-state index in [4.69, 9.17) is 13.9 Å². The number of H-pyrrole nitrogens is 1. The SMILES string of the molecule is CSSC(C)OC1C[C@H](n2cc(C#CCNC(=O)C(F)(F)F)c(=O)[nH]c2=O)O[C@@H]1CO[Si](c1ccccc1)(c1ccccc1)C(C)(C)C. The number of rotatable bonds is 11. The summed E-state index contributed by atoms with van der Waals surface area (Å²) in [5.74, 6) is 2.60. The van der Waals surface area contributed by atoms with Crippen LogP contribution in [0.3, 0.4) is 0 Å². The van der Waals surface area contributed by atoms with Gasteiger partial charge in [-0.3, -0.25) is 19.1 Å². The monoisotopic (exact) mass is 721 g/mol. The third-order valence-corrected chi connectivity index (χ3v) is 14.7. The number of hydrogen-bond acceptors (Lipinski definition) is 8. The number of ether oxygens (including phenoxy) is 2. The molecule has 15 heteroatoms. The van der Waals surface area contributed by atoms with Gasteiger partial charge in [0.25, 0.3) is 13.9 Å². The minimum absolute atomic E-state index is 0.148. The highest BCUT2D eigenvalue weighted by Crippen LogP contribution is 2.39. The summed E-state index contributed by atoms with van der Waals surface area (Å²) < 4.78 is 58.6. The summed E-state index contributed by atoms with van der Waals surface area (Å²) in [6.45, 7) is 7.92. The van der Waals surface area contributed by atoms with Gasteiger partial charge in [-0.25, -0.2) is 4.79 Å². The van der Waals surface area contributed by atoms with E-state index in [0.29, 0.717) is 0 Å². The summed E-state index contributed by atoms with van der Waals surface area (Å²) in [6, 6.07) is 20.3. The van der Waals surface area contributed by atoms with E-state index >= 15 is 0 Å². The van der Waals surface area contributed by atoms with Gasteiger partial charge in [0.05, 0.1) is 19.3 Å². The Morgan fingerprint density at radius 3 is 2.25 bits per heavy atom. The van der Waals surface area contributed by atoms with E-state index in [2.05, 4.69) is 61.9 Å². The van der Waals surface area contributed by atoms with Crippen molar-refractivity contribution in [3.8, 4) is 11.8 Å². The molecule has 1 aromatic heterocycles. The van der Waals surface area contributed by atoms with Crippen LogP contribution in [0.25, 0.3) is 0 Å². The van der Waals surface area contributed by atoms with E-state index in [9.17, 15) is 27.6 Å². The lowest BCUT2D eigenvalue weighted by Gasteiger charge is -2.43. The predicted molar refractivity (Wildman–Crippen MR) is 185 cm³/mol. The minimum atomic E-state index is -5.06. The number of nitrogens with one attached hydrogen (secondary N) is 2. The largest absolute Gasteiger partial charge is 0.471 e. The molecule has 2 unspecified atom stereocenters. The molecule has 0 bridgehead atoms. The second kappa shape index (κ2) is 16.0. The Bertz CT molecular complexity index is 1680. The van der Waals surface area contributed by atoms with Crippen molar-refractivity contribution in [2.24, 2.45) is 0 Å². The standard InChI is InChI=1S/C33H38F3N3O6S2Si/c1-22(47-46-5)44-26-19-28(39-20-23(29(40)38-31(39)42)13-12-18-37-30(41)33(34,35)36)45-27(26)21-43-48(32(2,3)4,24-14-8-6-9-15-24)25-16-10-7-11-17-25/h6-11,14-17,20,22,26-28H,18-19,21H2,1-5H3,(H,37,41)(H,38,40,42)/t22?,26?,27-,28-/m1/s1. The van der Waals surface area contributed by atoms with Crippen LogP contribution in [0.5, 0.6) is 0 Å². The third kappa shape index (κ3) is 8.85. The number of amides is 1. The normalized spacial score (nSPS) is 19.0. The summed E-state index contributed by atoms with van der Waals surface area (Å²) in [5, 5.41) is 3.51. The maximum Gasteiger partial charge on any atom is 0.471 e. The summed E-state index contributed by atoms with van der Waals surface area (Å²) in [7, 11) is 0.138. The van der Waals surface area contributed by atoms with Gasteiger partial charge < -0.3 is 19.2 Å². The number of hydrogen-bond donors (Lipinski definition) is 2. The lowest BCUT2D eigenvalue weighted by Crippen LogP contribution is -2.67. The number of carbonyl (C=O) groups is 1. The van der Waals surface area contributed by atoms with Gasteiger partial charge in [-0.15, -0.1) is 0 Å². The first-order valence-electron chi connectivity index (χ1n) is 15.1. The van der Waals surface area contributed by atoms with Crippen molar-refractivity contribution in [2.45, 2.75) is 69.2 Å². The fraction of sp³-hybridized carbons (Fsp3) is 0.424. The number of aromatic nitrogens is 2. The van der Waals surface area contributed by atoms with E-state index in [1.165, 1.54) is 21.6 Å². The van der Waals surface area contributed by atoms with Crippen LogP contribution in [0, 0.1) is 11.8 Å². The molecule has 48 heavy (non-hydrogen) atoms. The molecule has 1 fully saturated rings. The number of alkyl halides is 3. The summed E-state index contributed by atoms with van der Waals surface area (Å²) >= 11 is 0. The Morgan fingerprint density at radius 1 is 1.10 bits per heavy atom. The maximum atomic E-state index is 13.0. The molecule has 2 heterocycles. The molecule has 4 rings (SSSR count). The van der Waals surface area contributed by atoms with Crippen molar-refractivity contribution in [3.05, 3.63) is 93.3 Å². The Morgan fingerprint density at radius 2 is 1.71 bits per heavy atom. The van der Waals surface area contributed by atoms with Crippen molar-refractivity contribution < 1.29 is 31.9 Å². The summed E-state index contributed by atoms with van der Waals surface area (Å²) in [6.07, 6.45) is -3.64. The highest BCUT2D eigenvalue weighted by atomic mass is 33.1. The molecule has 4 atom stereocenters. The molecule has 0 aliphatic carbocycles. The van der Waals surface area contributed by atoms with Crippen molar-refractivity contribution in [1.82, 2.24) is 14.9 Å². The average molecular weight is 722 g/mol. The smallest absolute Gasteiger partial charge is 0.405 e. The second-order valence-corrected chi connectivity index (χ2v) is 19.1. The Hall–Kier alpha value is -3.26. The van der Waals surface area contributed by atoms with E-state index in [1.807, 2.05) is 49.6 Å². The van der Waals surface area contributed by atoms with Crippen molar-refractivity contribution in [3.63, 3.8) is 0 Å². The van der Waals surface area contributed by atoms with Crippen LogP contribution in [-0.2, 0) is 18.7 Å². The van der Waals surface area contributed by atoms with Gasteiger partial charge >= 0.3 is 17.8 Å². The molecule has 3 aromatic rings. The number of benzene rings is 2.